The van der Waals surface area contributed by atoms with Crippen LogP contribution in [0.25, 0.3) is 5.70 Å². The quantitative estimate of drug-likeness (QED) is 0.310. The maximum atomic E-state index is 14.7. The highest BCUT2D eigenvalue weighted by Gasteiger charge is 2.67. The highest BCUT2D eigenvalue weighted by atomic mass is 32.2. The van der Waals surface area contributed by atoms with Gasteiger partial charge in [-0.05, 0) is 49.4 Å². The van der Waals surface area contributed by atoms with Gasteiger partial charge in [0.1, 0.15) is 11.5 Å². The summed E-state index contributed by atoms with van der Waals surface area (Å²) in [6.45, 7) is 14.6. The van der Waals surface area contributed by atoms with Crippen molar-refractivity contribution in [3.05, 3.63) is 77.1 Å². The van der Waals surface area contributed by atoms with Crippen LogP contribution < -0.4 is 0 Å². The first kappa shape index (κ1) is 25.7. The number of aromatic nitrogens is 2. The predicted molar refractivity (Wildman–Crippen MR) is 132 cm³/mol. The molecule has 0 spiro atoms. The van der Waals surface area contributed by atoms with E-state index in [1.165, 1.54) is 6.07 Å². The van der Waals surface area contributed by atoms with Gasteiger partial charge in [-0.25, -0.2) is 4.39 Å². The Balaban J connectivity index is 1.27. The largest absolute Gasteiger partial charge is 0.416 e. The Morgan fingerprint density at radius 3 is 2.63 bits per heavy atom. The number of benzene rings is 1. The third-order valence-corrected chi connectivity index (χ3v) is 8.55. The van der Waals surface area contributed by atoms with Crippen LogP contribution in [0.15, 0.2) is 48.8 Å². The van der Waals surface area contributed by atoms with Crippen molar-refractivity contribution in [1.82, 2.24) is 19.8 Å². The van der Waals surface area contributed by atoms with Gasteiger partial charge in [-0.15, -0.1) is 11.8 Å². The van der Waals surface area contributed by atoms with Gasteiger partial charge in [-0.1, -0.05) is 26.1 Å². The summed E-state index contributed by atoms with van der Waals surface area (Å²) in [5.41, 5.74) is 1.38. The molecule has 0 radical (unpaired) electrons. The number of halogens is 4. The molecule has 2 fully saturated rings. The third kappa shape index (κ3) is 4.98. The van der Waals surface area contributed by atoms with Crippen molar-refractivity contribution in [3.8, 4) is 0 Å². The number of nitrogens with zero attached hydrogens (tertiary/aromatic N) is 4. The summed E-state index contributed by atoms with van der Waals surface area (Å²) in [6, 6.07) is 3.00. The van der Waals surface area contributed by atoms with Crippen molar-refractivity contribution in [1.29, 1.82) is 0 Å². The molecular weight excluding hydrogens is 476 g/mol. The van der Waals surface area contributed by atoms with Gasteiger partial charge in [-0.2, -0.15) is 13.2 Å². The maximum Gasteiger partial charge on any atom is 0.416 e. The molecule has 1 saturated heterocycles. The Labute approximate surface area is 208 Å². The minimum atomic E-state index is -4.54. The van der Waals surface area contributed by atoms with Gasteiger partial charge in [0.25, 0.3) is 0 Å². The van der Waals surface area contributed by atoms with E-state index in [-0.39, 0.29) is 17.3 Å². The molecule has 0 amide bonds. The monoisotopic (exact) mass is 506 g/mol. The molecule has 35 heavy (non-hydrogen) atoms. The van der Waals surface area contributed by atoms with E-state index in [0.29, 0.717) is 23.9 Å². The summed E-state index contributed by atoms with van der Waals surface area (Å²) < 4.78 is 53.6. The van der Waals surface area contributed by atoms with E-state index >= 15 is 0 Å². The zero-order valence-electron chi connectivity index (χ0n) is 20.2. The van der Waals surface area contributed by atoms with Crippen LogP contribution in [-0.2, 0) is 11.6 Å². The van der Waals surface area contributed by atoms with Gasteiger partial charge in [0.2, 0.25) is 0 Å². The molecule has 0 N–H and O–H groups in total. The first-order valence-electron chi connectivity index (χ1n) is 11.6. The summed E-state index contributed by atoms with van der Waals surface area (Å²) in [7, 11) is 1.90. The summed E-state index contributed by atoms with van der Waals surface area (Å²) in [5, 5.41) is 0.860. The van der Waals surface area contributed by atoms with Crippen LogP contribution in [0.1, 0.15) is 35.9 Å². The average molecular weight is 507 g/mol. The van der Waals surface area contributed by atoms with Gasteiger partial charge >= 0.3 is 6.18 Å². The van der Waals surface area contributed by atoms with E-state index in [0.717, 1.165) is 47.7 Å². The van der Waals surface area contributed by atoms with Crippen LogP contribution in [0.5, 0.6) is 0 Å². The van der Waals surface area contributed by atoms with Gasteiger partial charge in [0.05, 0.1) is 28.2 Å². The lowest BCUT2D eigenvalue weighted by atomic mass is 9.91. The normalized spacial score (nSPS) is 23.7. The van der Waals surface area contributed by atoms with Gasteiger partial charge in [-0.3, -0.25) is 9.97 Å². The highest BCUT2D eigenvalue weighted by Crippen LogP contribution is 2.64. The van der Waals surface area contributed by atoms with Crippen LogP contribution in [0.4, 0.5) is 17.6 Å². The first-order chi connectivity index (χ1) is 16.4. The maximum absolute atomic E-state index is 14.7. The number of rotatable bonds is 9. The fourth-order valence-corrected chi connectivity index (χ4v) is 6.04. The molecule has 4 nitrogen and oxygen atoms in total. The van der Waals surface area contributed by atoms with Crippen molar-refractivity contribution in [3.63, 3.8) is 0 Å². The molecule has 1 saturated carbocycles. The van der Waals surface area contributed by atoms with E-state index in [9.17, 15) is 17.6 Å². The SMILES string of the molecule is C=C(SCCCN1C[C@@H]2[C@H](C)[C@]2(c2ccc(C(F)(F)F)cc2F)C1)N(C)C(=C)c1cnc(C)cn1. The Kier molecular flexibility index (Phi) is 7.03. The molecule has 1 aliphatic heterocycles. The third-order valence-electron chi connectivity index (χ3n) is 7.45. The molecule has 2 heterocycles. The van der Waals surface area contributed by atoms with Crippen molar-refractivity contribution in [2.75, 3.05) is 32.4 Å². The predicted octanol–water partition coefficient (Wildman–Crippen LogP) is 5.96. The molecule has 1 aromatic heterocycles. The number of alkyl halides is 3. The van der Waals surface area contributed by atoms with Crippen LogP contribution in [0.3, 0.4) is 0 Å². The minimum absolute atomic E-state index is 0.267. The summed E-state index contributed by atoms with van der Waals surface area (Å²) >= 11 is 1.64. The molecule has 0 bridgehead atoms. The van der Waals surface area contributed by atoms with Gasteiger partial charge in [0, 0.05) is 37.5 Å². The summed E-state index contributed by atoms with van der Waals surface area (Å²) in [5.74, 6) is 0.656. The van der Waals surface area contributed by atoms with Crippen molar-refractivity contribution in [2.45, 2.75) is 31.9 Å². The molecule has 1 aliphatic carbocycles. The smallest absolute Gasteiger partial charge is 0.339 e. The second-order valence-corrected chi connectivity index (χ2v) is 10.7. The Bertz CT molecular complexity index is 1120. The van der Waals surface area contributed by atoms with Crippen LogP contribution in [0.2, 0.25) is 0 Å². The number of hydrogen-bond acceptors (Lipinski definition) is 5. The van der Waals surface area contributed by atoms with Crippen LogP contribution in [0, 0.1) is 24.6 Å². The molecule has 188 valence electrons. The lowest BCUT2D eigenvalue weighted by Crippen LogP contribution is -2.30. The van der Waals surface area contributed by atoms with Gasteiger partial charge in [0.15, 0.2) is 0 Å². The van der Waals surface area contributed by atoms with E-state index in [1.807, 2.05) is 18.9 Å². The summed E-state index contributed by atoms with van der Waals surface area (Å²) in [6.07, 6.45) is -0.222. The van der Waals surface area contributed by atoms with E-state index in [2.05, 4.69) is 34.9 Å². The lowest BCUT2D eigenvalue weighted by Gasteiger charge is -2.25. The number of fused-ring (bicyclic) bond motifs is 1. The minimum Gasteiger partial charge on any atom is -0.339 e. The fourth-order valence-electron chi connectivity index (χ4n) is 5.23. The van der Waals surface area contributed by atoms with E-state index in [4.69, 9.17) is 0 Å². The molecule has 3 atom stereocenters. The van der Waals surface area contributed by atoms with Crippen LogP contribution in [-0.4, -0.2) is 52.2 Å². The average Bonchev–Trinajstić information content (AvgIpc) is 3.16. The van der Waals surface area contributed by atoms with Crippen molar-refractivity contribution in [2.24, 2.45) is 11.8 Å². The first-order valence-corrected chi connectivity index (χ1v) is 12.6. The molecule has 0 unspecified atom stereocenters. The zero-order chi connectivity index (χ0) is 25.5. The number of thioether (sulfide) groups is 1. The Morgan fingerprint density at radius 1 is 1.26 bits per heavy atom. The second-order valence-electron chi connectivity index (χ2n) is 9.51. The molecule has 9 heteroatoms. The zero-order valence-corrected chi connectivity index (χ0v) is 21.0. The Morgan fingerprint density at radius 2 is 2.00 bits per heavy atom. The molecule has 1 aromatic carbocycles. The second kappa shape index (κ2) is 9.58. The topological polar surface area (TPSA) is 32.3 Å². The molecular formula is C26H30F4N4S. The molecule has 2 aliphatic rings. The highest BCUT2D eigenvalue weighted by molar-refractivity contribution is 8.02. The van der Waals surface area contributed by atoms with Crippen LogP contribution >= 0.6 is 11.8 Å². The van der Waals surface area contributed by atoms with Gasteiger partial charge < -0.3 is 9.80 Å². The number of likely N-dealkylation sites (tertiary alicyclic amines) is 1. The standard InChI is InChI=1S/C26H30F4N4S/c1-16-12-32-24(13-31-16)18(3)33(5)19(4)35-10-6-9-34-14-22-17(2)25(22,15-34)21-8-7-20(11-23(21)27)26(28,29)30/h7-8,11-13,17,22H,3-4,6,9-10,14-15H2,1-2,5H3/t17-,22+,25-/m0/s1. The fraction of sp³-hybridized carbons (Fsp3) is 0.462. The number of aryl methyl sites for hydroxylation is 1. The molecule has 2 aromatic rings. The van der Waals surface area contributed by atoms with Crippen molar-refractivity contribution >= 4 is 17.5 Å². The van der Waals surface area contributed by atoms with E-state index in [1.54, 1.807) is 24.2 Å². The lowest BCUT2D eigenvalue weighted by molar-refractivity contribution is -0.137. The Hall–Kier alpha value is -2.39. The molecule has 4 rings (SSSR count). The summed E-state index contributed by atoms with van der Waals surface area (Å²) in [4.78, 5) is 12.8. The number of hydrogen-bond donors (Lipinski definition) is 0. The van der Waals surface area contributed by atoms with E-state index < -0.39 is 17.6 Å². The van der Waals surface area contributed by atoms with Crippen molar-refractivity contribution < 1.29 is 17.6 Å². The number of piperidine rings is 1.